The number of alkyl halides is 6. The van der Waals surface area contributed by atoms with Gasteiger partial charge in [-0.25, -0.2) is 14.8 Å². The van der Waals surface area contributed by atoms with Gasteiger partial charge in [0, 0.05) is 35.1 Å². The summed E-state index contributed by atoms with van der Waals surface area (Å²) in [6.07, 6.45) is -9.46. The molecule has 248 valence electrons. The minimum absolute atomic E-state index is 0.0957. The van der Waals surface area contributed by atoms with E-state index in [1.54, 1.807) is 12.1 Å². The summed E-state index contributed by atoms with van der Waals surface area (Å²) in [6, 6.07) is 15.9. The zero-order valence-electron chi connectivity index (χ0n) is 33.1. The third-order valence-electron chi connectivity index (χ3n) is 5.78. The SMILES string of the molecule is O=C1Cc2nc(-c3ccc(OC(F)(F)F)cc3)ccc2O1.[2H]C([2H])([2H])C([2H])([2H])O.[2H]C([2H])([2H])C([2H])([2H])n1c(=O)oc2ccc(-c3ccc(OC(F)(F)F)cc3)nc21. The van der Waals surface area contributed by atoms with E-state index < -0.39 is 51.0 Å². The molecule has 0 fully saturated rings. The van der Waals surface area contributed by atoms with Crippen LogP contribution in [0.4, 0.5) is 26.3 Å². The maximum absolute atomic E-state index is 12.2. The highest BCUT2D eigenvalue weighted by molar-refractivity contribution is 5.80. The van der Waals surface area contributed by atoms with E-state index in [9.17, 15) is 35.9 Å². The molecule has 3 aromatic heterocycles. The van der Waals surface area contributed by atoms with Crippen molar-refractivity contribution < 1.29 is 68.6 Å². The van der Waals surface area contributed by atoms with E-state index in [1.807, 2.05) is 0 Å². The number of rotatable bonds is 5. The number of aryl methyl sites for hydroxylation is 1. The molecule has 1 N–H and O–H groups in total. The number of oxazole rings is 1. The van der Waals surface area contributed by atoms with Crippen LogP contribution in [0.1, 0.15) is 33.1 Å². The van der Waals surface area contributed by atoms with Gasteiger partial charge >= 0.3 is 24.5 Å². The molecule has 4 heterocycles. The lowest BCUT2D eigenvalue weighted by molar-refractivity contribution is -0.275. The van der Waals surface area contributed by atoms with Crippen LogP contribution in [0.3, 0.4) is 0 Å². The third-order valence-corrected chi connectivity index (χ3v) is 5.78. The van der Waals surface area contributed by atoms with Crippen molar-refractivity contribution in [1.29, 1.82) is 0 Å². The topological polar surface area (TPSA) is 126 Å². The summed E-state index contributed by atoms with van der Waals surface area (Å²) in [7, 11) is 0. The van der Waals surface area contributed by atoms with Gasteiger partial charge in [-0.3, -0.25) is 9.36 Å². The Morgan fingerprint density at radius 3 is 1.87 bits per heavy atom. The van der Waals surface area contributed by atoms with Gasteiger partial charge in [0.1, 0.15) is 11.5 Å². The quantitative estimate of drug-likeness (QED) is 0.160. The van der Waals surface area contributed by atoms with Crippen LogP contribution in [-0.4, -0.2) is 44.9 Å². The molecule has 6 rings (SSSR count). The number of carbonyl (C=O) groups is 1. The molecule has 0 spiro atoms. The Labute approximate surface area is 275 Å². The number of hydrogen-bond acceptors (Lipinski definition) is 9. The molecule has 5 aromatic rings. The average molecular weight is 676 g/mol. The predicted molar refractivity (Wildman–Crippen MR) is 155 cm³/mol. The Balaban J connectivity index is 0.000000218. The molecular formula is C31H25F6N3O7. The summed E-state index contributed by atoms with van der Waals surface area (Å²) in [5.74, 6) is -1.94. The van der Waals surface area contributed by atoms with Crippen molar-refractivity contribution in [3.8, 4) is 39.8 Å². The van der Waals surface area contributed by atoms with Gasteiger partial charge in [-0.05, 0) is 86.5 Å². The second kappa shape index (κ2) is 14.4. The summed E-state index contributed by atoms with van der Waals surface area (Å²) in [4.78, 5) is 31.5. The normalized spacial score (nSPS) is 16.6. The molecule has 0 saturated heterocycles. The van der Waals surface area contributed by atoms with Crippen molar-refractivity contribution in [2.24, 2.45) is 0 Å². The third kappa shape index (κ3) is 9.32. The molecule has 0 aliphatic carbocycles. The number of aromatic nitrogens is 3. The van der Waals surface area contributed by atoms with Crippen LogP contribution in [0.15, 0.2) is 82.0 Å². The van der Waals surface area contributed by atoms with Crippen LogP contribution >= 0.6 is 0 Å². The van der Waals surface area contributed by atoms with E-state index in [0.29, 0.717) is 32.8 Å². The van der Waals surface area contributed by atoms with Gasteiger partial charge in [0.25, 0.3) is 0 Å². The van der Waals surface area contributed by atoms with E-state index >= 15 is 0 Å². The fourth-order valence-corrected chi connectivity index (χ4v) is 3.98. The van der Waals surface area contributed by atoms with Gasteiger partial charge in [0.15, 0.2) is 17.0 Å². The standard InChI is InChI=1S/C15H11F3N2O3.C14H8F3NO3.C2H6O/c1-2-20-13-12(22-14(20)21)8-7-11(19-13)9-3-5-10(6-4-9)23-15(16,17)18;15-14(16,17)21-9-3-1-8(2-4-9)10-5-6-12-11(18-10)7-13(19)20-12;1-2-3/h3-8H,2H2,1H3;1-6H,7H2;3H,2H2,1H3/i1D3,2D2;;1D3,2D2. The molecule has 0 radical (unpaired) electrons. The first kappa shape index (κ1) is 23.0. The zero-order valence-corrected chi connectivity index (χ0v) is 23.1. The molecule has 0 atom stereocenters. The number of esters is 1. The van der Waals surface area contributed by atoms with Crippen LogP contribution in [0.5, 0.6) is 17.2 Å². The second-order valence-corrected chi connectivity index (χ2v) is 8.88. The van der Waals surface area contributed by atoms with E-state index in [-0.39, 0.29) is 35.1 Å². The number of carbonyl (C=O) groups excluding carboxylic acids is 1. The van der Waals surface area contributed by atoms with E-state index in [2.05, 4.69) is 19.4 Å². The Hall–Kier alpha value is -5.38. The molecule has 0 bridgehead atoms. The van der Waals surface area contributed by atoms with Gasteiger partial charge in [-0.15, -0.1) is 26.3 Å². The van der Waals surface area contributed by atoms with E-state index in [0.717, 1.165) is 12.1 Å². The molecule has 1 aliphatic rings. The minimum atomic E-state index is -4.84. The highest BCUT2D eigenvalue weighted by Crippen LogP contribution is 2.30. The van der Waals surface area contributed by atoms with Crippen LogP contribution < -0.4 is 20.0 Å². The number of fused-ring (bicyclic) bond motifs is 2. The van der Waals surface area contributed by atoms with Crippen molar-refractivity contribution in [1.82, 2.24) is 14.5 Å². The maximum Gasteiger partial charge on any atom is 0.573 e. The van der Waals surface area contributed by atoms with Crippen LogP contribution in [0, 0.1) is 0 Å². The molecule has 0 unspecified atom stereocenters. The maximum atomic E-state index is 12.2. The molecule has 10 nitrogen and oxygen atoms in total. The zero-order chi connectivity index (χ0) is 42.9. The van der Waals surface area contributed by atoms with Crippen LogP contribution in [-0.2, 0) is 17.7 Å². The van der Waals surface area contributed by atoms with Crippen molar-refractivity contribution >= 4 is 17.2 Å². The molecule has 0 amide bonds. The highest BCUT2D eigenvalue weighted by atomic mass is 19.4. The summed E-state index contributed by atoms with van der Waals surface area (Å²) in [6.45, 7) is -12.3. The van der Waals surface area contributed by atoms with Crippen molar-refractivity contribution in [3.63, 3.8) is 0 Å². The number of halogens is 6. The Kier molecular flexibility index (Phi) is 7.04. The summed E-state index contributed by atoms with van der Waals surface area (Å²) < 4.78 is 159. The summed E-state index contributed by atoms with van der Waals surface area (Å²) in [5.41, 5.74) is 1.68. The Morgan fingerprint density at radius 2 is 1.36 bits per heavy atom. The number of aliphatic hydroxyl groups is 1. The van der Waals surface area contributed by atoms with Gasteiger partial charge < -0.3 is 23.7 Å². The number of pyridine rings is 2. The van der Waals surface area contributed by atoms with Crippen LogP contribution in [0.25, 0.3) is 33.7 Å². The monoisotopic (exact) mass is 675 g/mol. The Bertz CT molecular complexity index is 2260. The molecule has 47 heavy (non-hydrogen) atoms. The lowest BCUT2D eigenvalue weighted by Gasteiger charge is -2.09. The number of benzene rings is 2. The second-order valence-electron chi connectivity index (χ2n) is 8.88. The summed E-state index contributed by atoms with van der Waals surface area (Å²) in [5, 5.41) is 8.12. The first-order valence-electron chi connectivity index (χ1n) is 17.6. The van der Waals surface area contributed by atoms with Crippen molar-refractivity contribution in [3.05, 3.63) is 89.0 Å². The number of nitrogens with zero attached hydrogens (tertiary/aromatic N) is 3. The molecule has 16 heteroatoms. The lowest BCUT2D eigenvalue weighted by Crippen LogP contribution is -2.16. The fourth-order valence-electron chi connectivity index (χ4n) is 3.98. The number of ether oxygens (including phenoxy) is 3. The largest absolute Gasteiger partial charge is 0.573 e. The van der Waals surface area contributed by atoms with Crippen LogP contribution in [0.2, 0.25) is 0 Å². The lowest BCUT2D eigenvalue weighted by atomic mass is 10.1. The average Bonchev–Trinajstić information content (AvgIpc) is 3.60. The predicted octanol–water partition coefficient (Wildman–Crippen LogP) is 6.68. The Morgan fingerprint density at radius 1 is 0.830 bits per heavy atom. The number of hydrogen-bond donors (Lipinski definition) is 1. The summed E-state index contributed by atoms with van der Waals surface area (Å²) >= 11 is 0. The van der Waals surface area contributed by atoms with Gasteiger partial charge in [0.05, 0.1) is 26.2 Å². The minimum Gasteiger partial charge on any atom is -0.424 e. The van der Waals surface area contributed by atoms with Crippen molar-refractivity contribution in [2.75, 3.05) is 6.56 Å². The fraction of sp³-hybridized carbons (Fsp3) is 0.226. The van der Waals surface area contributed by atoms with E-state index in [4.69, 9.17) is 28.0 Å². The molecule has 1 aliphatic heterocycles. The van der Waals surface area contributed by atoms with E-state index in [1.165, 1.54) is 48.5 Å². The highest BCUT2D eigenvalue weighted by Gasteiger charge is 2.32. The van der Waals surface area contributed by atoms with Gasteiger partial charge in [-0.2, -0.15) is 0 Å². The molecular weight excluding hydrogens is 640 g/mol. The van der Waals surface area contributed by atoms with Crippen molar-refractivity contribution in [2.45, 2.75) is 39.3 Å². The first-order valence-corrected chi connectivity index (χ1v) is 12.6. The first-order chi connectivity index (χ1) is 25.9. The molecule has 2 aromatic carbocycles. The van der Waals surface area contributed by atoms with Gasteiger partial charge in [-0.1, -0.05) is 0 Å². The molecule has 0 saturated carbocycles. The smallest absolute Gasteiger partial charge is 0.424 e. The van der Waals surface area contributed by atoms with Gasteiger partial charge in [0.2, 0.25) is 0 Å².